The van der Waals surface area contributed by atoms with Crippen LogP contribution < -0.4 is 0 Å². The van der Waals surface area contributed by atoms with Crippen molar-refractivity contribution in [3.63, 3.8) is 0 Å². The molecule has 0 unspecified atom stereocenters. The van der Waals surface area contributed by atoms with E-state index in [2.05, 4.69) is 11.1 Å². The maximum atomic E-state index is 10.7. The summed E-state index contributed by atoms with van der Waals surface area (Å²) in [6.45, 7) is 3.66. The fourth-order valence-electron chi connectivity index (χ4n) is 1.26. The molecule has 6 nitrogen and oxygen atoms in total. The molecule has 0 amide bonds. The van der Waals surface area contributed by atoms with Crippen molar-refractivity contribution in [3.05, 3.63) is 46.4 Å². The van der Waals surface area contributed by atoms with Crippen LogP contribution in [0, 0.1) is 17.0 Å². The molecule has 0 aliphatic heterocycles. The van der Waals surface area contributed by atoms with Gasteiger partial charge in [-0.15, -0.1) is 0 Å². The van der Waals surface area contributed by atoms with E-state index in [4.69, 9.17) is 0 Å². The van der Waals surface area contributed by atoms with E-state index in [0.717, 1.165) is 6.26 Å². The van der Waals surface area contributed by atoms with Gasteiger partial charge in [-0.1, -0.05) is 6.07 Å². The average molecular weight is 258 g/mol. The highest BCUT2D eigenvalue weighted by atomic mass is 32.2. The molecule has 1 aromatic carbocycles. The van der Waals surface area contributed by atoms with E-state index in [-0.39, 0.29) is 18.7 Å². The molecule has 7 heteroatoms. The average Bonchev–Trinajstić information content (AvgIpc) is 2.18. The van der Waals surface area contributed by atoms with Gasteiger partial charge in [0.15, 0.2) is 0 Å². The summed E-state index contributed by atoms with van der Waals surface area (Å²) in [5.74, 6) is 0. The van der Waals surface area contributed by atoms with Crippen molar-refractivity contribution in [2.45, 2.75) is 6.42 Å². The Morgan fingerprint density at radius 3 is 2.65 bits per heavy atom. The molecule has 0 atom stereocenters. The molecule has 0 aliphatic carbocycles. The lowest BCUT2D eigenvalue weighted by atomic mass is 10.1. The number of rotatable bonds is 5. The second kappa shape index (κ2) is 5.24. The summed E-state index contributed by atoms with van der Waals surface area (Å²) < 4.78 is 26.0. The Kier molecular flexibility index (Phi) is 4.19. The van der Waals surface area contributed by atoms with E-state index >= 15 is 0 Å². The Morgan fingerprint density at radius 2 is 2.12 bits per heavy atom. The van der Waals surface area contributed by atoms with Crippen molar-refractivity contribution in [2.75, 3.05) is 12.9 Å². The summed E-state index contributed by atoms with van der Waals surface area (Å²) in [5.41, 5.74) is 1.17. The topological polar surface area (TPSA) is 86.5 Å². The lowest BCUT2D eigenvalue weighted by molar-refractivity contribution is -0.384. The molecular formula is C10H12NO5S. The van der Waals surface area contributed by atoms with Crippen LogP contribution >= 0.6 is 0 Å². The number of nitro benzene ring substituents is 1. The maximum absolute atomic E-state index is 10.7. The number of hydrogen-bond acceptors (Lipinski definition) is 5. The van der Waals surface area contributed by atoms with Crippen molar-refractivity contribution < 1.29 is 17.5 Å². The molecule has 0 bridgehead atoms. The molecule has 17 heavy (non-hydrogen) atoms. The van der Waals surface area contributed by atoms with Gasteiger partial charge in [0.25, 0.3) is 15.8 Å². The van der Waals surface area contributed by atoms with Gasteiger partial charge in [0.1, 0.15) is 0 Å². The molecule has 0 saturated heterocycles. The van der Waals surface area contributed by atoms with E-state index in [1.165, 1.54) is 18.2 Å². The number of benzene rings is 1. The highest BCUT2D eigenvalue weighted by molar-refractivity contribution is 7.85. The molecule has 0 spiro atoms. The lowest BCUT2D eigenvalue weighted by Gasteiger charge is -2.05. The number of nitrogens with zero attached hydrogens (tertiary/aromatic N) is 1. The van der Waals surface area contributed by atoms with Gasteiger partial charge < -0.3 is 0 Å². The van der Waals surface area contributed by atoms with Crippen LogP contribution in [-0.2, 0) is 20.7 Å². The van der Waals surface area contributed by atoms with Crippen molar-refractivity contribution >= 4 is 15.8 Å². The Morgan fingerprint density at radius 1 is 1.47 bits per heavy atom. The summed E-state index contributed by atoms with van der Waals surface area (Å²) in [4.78, 5) is 10.0. The molecule has 93 valence electrons. The minimum absolute atomic E-state index is 0.0493. The minimum atomic E-state index is -3.49. The van der Waals surface area contributed by atoms with Gasteiger partial charge in [0.2, 0.25) is 0 Å². The van der Waals surface area contributed by atoms with Crippen LogP contribution in [0.15, 0.2) is 18.2 Å². The van der Waals surface area contributed by atoms with E-state index in [1.807, 2.05) is 0 Å². The van der Waals surface area contributed by atoms with Crippen LogP contribution in [0.3, 0.4) is 0 Å². The Balaban J connectivity index is 2.76. The first kappa shape index (κ1) is 13.6. The Bertz CT molecular complexity index is 523. The van der Waals surface area contributed by atoms with Gasteiger partial charge in [0.05, 0.1) is 17.8 Å². The van der Waals surface area contributed by atoms with Gasteiger partial charge in [-0.2, -0.15) is 8.42 Å². The summed E-state index contributed by atoms with van der Waals surface area (Å²) >= 11 is 0. The molecule has 1 radical (unpaired) electrons. The SMILES string of the molecule is [CH2]c1ccc([N+](=O)[O-])cc1CCOS(C)(=O)=O. The largest absolute Gasteiger partial charge is 0.270 e. The minimum Gasteiger partial charge on any atom is -0.270 e. The first-order chi connectivity index (χ1) is 7.79. The van der Waals surface area contributed by atoms with Crippen LogP contribution in [0.4, 0.5) is 5.69 Å². The van der Waals surface area contributed by atoms with Crippen molar-refractivity contribution in [1.29, 1.82) is 0 Å². The highest BCUT2D eigenvalue weighted by Crippen LogP contribution is 2.17. The number of nitro groups is 1. The van der Waals surface area contributed by atoms with Gasteiger partial charge in [-0.3, -0.25) is 14.3 Å². The first-order valence-electron chi connectivity index (χ1n) is 4.73. The van der Waals surface area contributed by atoms with Gasteiger partial charge in [0, 0.05) is 12.1 Å². The van der Waals surface area contributed by atoms with Crippen molar-refractivity contribution in [3.8, 4) is 0 Å². The highest BCUT2D eigenvalue weighted by Gasteiger charge is 2.09. The van der Waals surface area contributed by atoms with Crippen molar-refractivity contribution in [1.82, 2.24) is 0 Å². The fourth-order valence-corrected chi connectivity index (χ4v) is 1.65. The fraction of sp³-hybridized carbons (Fsp3) is 0.300. The van der Waals surface area contributed by atoms with Crippen LogP contribution in [0.1, 0.15) is 11.1 Å². The summed E-state index contributed by atoms with van der Waals surface area (Å²) in [5, 5.41) is 10.6. The van der Waals surface area contributed by atoms with E-state index < -0.39 is 15.0 Å². The van der Waals surface area contributed by atoms with Crippen LogP contribution in [-0.4, -0.2) is 26.2 Å². The van der Waals surface area contributed by atoms with E-state index in [1.54, 1.807) is 0 Å². The predicted molar refractivity (Wildman–Crippen MR) is 62.1 cm³/mol. The standard InChI is InChI=1S/C10H12NO5S/c1-8-3-4-10(11(12)13)7-9(8)5-6-16-17(2,14)15/h3-4,7H,1,5-6H2,2H3. The summed E-state index contributed by atoms with van der Waals surface area (Å²) in [6, 6.07) is 4.24. The number of hydrogen-bond donors (Lipinski definition) is 0. The molecule has 1 aromatic rings. The van der Waals surface area contributed by atoms with Gasteiger partial charge in [-0.05, 0) is 24.5 Å². The van der Waals surface area contributed by atoms with Crippen molar-refractivity contribution in [2.24, 2.45) is 0 Å². The van der Waals surface area contributed by atoms with Gasteiger partial charge in [-0.25, -0.2) is 0 Å². The zero-order chi connectivity index (χ0) is 13.1. The summed E-state index contributed by atoms with van der Waals surface area (Å²) in [7, 11) is -3.49. The third-order valence-corrected chi connectivity index (χ3v) is 2.66. The second-order valence-electron chi connectivity index (χ2n) is 3.49. The predicted octanol–water partition coefficient (Wildman–Crippen LogP) is 1.30. The lowest BCUT2D eigenvalue weighted by Crippen LogP contribution is -2.07. The Labute approximate surface area is 99.5 Å². The number of non-ortho nitro benzene ring substituents is 1. The normalized spacial score (nSPS) is 11.4. The van der Waals surface area contributed by atoms with Crippen LogP contribution in [0.5, 0.6) is 0 Å². The summed E-state index contributed by atoms with van der Waals surface area (Å²) in [6.07, 6.45) is 1.21. The quantitative estimate of drug-likeness (QED) is 0.451. The van der Waals surface area contributed by atoms with E-state index in [9.17, 15) is 18.5 Å². The van der Waals surface area contributed by atoms with E-state index in [0.29, 0.717) is 11.1 Å². The third-order valence-electron chi connectivity index (χ3n) is 2.07. The maximum Gasteiger partial charge on any atom is 0.269 e. The molecule has 0 saturated carbocycles. The monoisotopic (exact) mass is 258 g/mol. The third kappa shape index (κ3) is 4.49. The molecule has 0 N–H and O–H groups in total. The first-order valence-corrected chi connectivity index (χ1v) is 6.55. The molecule has 1 rings (SSSR count). The zero-order valence-corrected chi connectivity index (χ0v) is 10.1. The molecular weight excluding hydrogens is 246 g/mol. The molecule has 0 fully saturated rings. The Hall–Kier alpha value is -1.47. The smallest absolute Gasteiger partial charge is 0.269 e. The molecule has 0 heterocycles. The second-order valence-corrected chi connectivity index (χ2v) is 5.13. The molecule has 0 aliphatic rings. The van der Waals surface area contributed by atoms with Crippen LogP contribution in [0.2, 0.25) is 0 Å². The molecule has 0 aromatic heterocycles. The zero-order valence-electron chi connectivity index (χ0n) is 9.25. The van der Waals surface area contributed by atoms with Gasteiger partial charge >= 0.3 is 0 Å². The van der Waals surface area contributed by atoms with Crippen LogP contribution in [0.25, 0.3) is 0 Å².